The molecule has 0 spiro atoms. The normalized spacial score (nSPS) is 12.9. The number of anilines is 1. The summed E-state index contributed by atoms with van der Waals surface area (Å²) < 4.78 is 5.06. The minimum Gasteiger partial charge on any atom is -0.466 e. The predicted molar refractivity (Wildman–Crippen MR) is 95.7 cm³/mol. The van der Waals surface area contributed by atoms with Crippen molar-refractivity contribution in [1.29, 1.82) is 0 Å². The molecule has 0 saturated carbocycles. The van der Waals surface area contributed by atoms with Gasteiger partial charge >= 0.3 is 12.8 Å². The van der Waals surface area contributed by atoms with Gasteiger partial charge in [0, 0.05) is 12.6 Å². The van der Waals surface area contributed by atoms with Gasteiger partial charge in [-0.2, -0.15) is 0 Å². The molecule has 1 aliphatic heterocycles. The molecule has 0 saturated heterocycles. The number of fused-ring (bicyclic) bond motifs is 1. The highest BCUT2D eigenvalue weighted by atomic mass is 16.5. The van der Waals surface area contributed by atoms with Crippen LogP contribution in [0, 0.1) is 0 Å². The average molecular weight is 305 g/mol. The van der Waals surface area contributed by atoms with Gasteiger partial charge in [0.2, 0.25) is 0 Å². The van der Waals surface area contributed by atoms with E-state index >= 15 is 0 Å². The van der Waals surface area contributed by atoms with Crippen molar-refractivity contribution in [2.75, 3.05) is 11.8 Å². The van der Waals surface area contributed by atoms with E-state index in [1.807, 2.05) is 12.1 Å². The second-order valence-corrected chi connectivity index (χ2v) is 5.74. The van der Waals surface area contributed by atoms with E-state index in [0.717, 1.165) is 18.5 Å². The number of carbonyl (C=O) groups is 1. The molecule has 116 valence electrons. The van der Waals surface area contributed by atoms with Crippen LogP contribution in [0.4, 0.5) is 5.69 Å². The van der Waals surface area contributed by atoms with E-state index in [9.17, 15) is 4.79 Å². The first-order chi connectivity index (χ1) is 11.2. The molecule has 0 aromatic heterocycles. The molecular formula is C19H20BNO2. The lowest BCUT2D eigenvalue weighted by molar-refractivity contribution is -0.141. The van der Waals surface area contributed by atoms with Crippen molar-refractivity contribution in [3.8, 4) is 0 Å². The van der Waals surface area contributed by atoms with Crippen LogP contribution in [0.25, 0.3) is 6.08 Å². The van der Waals surface area contributed by atoms with Gasteiger partial charge in [-0.1, -0.05) is 65.5 Å². The molecule has 2 aromatic carbocycles. The fourth-order valence-corrected chi connectivity index (χ4v) is 2.94. The van der Waals surface area contributed by atoms with Crippen molar-refractivity contribution >= 4 is 30.0 Å². The van der Waals surface area contributed by atoms with E-state index in [2.05, 4.69) is 53.8 Å². The number of nitrogens with one attached hydrogen (secondary N) is 1. The Kier molecular flexibility index (Phi) is 4.81. The van der Waals surface area contributed by atoms with E-state index in [4.69, 9.17) is 4.74 Å². The summed E-state index contributed by atoms with van der Waals surface area (Å²) in [7, 11) is 0. The number of benzene rings is 2. The number of hydrogen-bond donors (Lipinski definition) is 1. The van der Waals surface area contributed by atoms with Crippen LogP contribution in [0.1, 0.15) is 25.3 Å². The Hall–Kier alpha value is -2.49. The van der Waals surface area contributed by atoms with Gasteiger partial charge in [0.1, 0.15) is 0 Å². The molecule has 2 aromatic rings. The van der Waals surface area contributed by atoms with Crippen LogP contribution in [-0.4, -0.2) is 19.4 Å². The lowest BCUT2D eigenvalue weighted by atomic mass is 9.47. The van der Waals surface area contributed by atoms with Gasteiger partial charge in [-0.3, -0.25) is 4.79 Å². The minimum absolute atomic E-state index is 0.170. The largest absolute Gasteiger partial charge is 0.466 e. The summed E-state index contributed by atoms with van der Waals surface area (Å²) in [6, 6.07) is 18.8. The number of para-hydroxylation sites is 1. The number of rotatable bonds is 5. The van der Waals surface area contributed by atoms with Crippen molar-refractivity contribution in [3.05, 3.63) is 65.6 Å². The van der Waals surface area contributed by atoms with Gasteiger partial charge in [0.25, 0.3) is 0 Å². The fraction of sp³-hybridized carbons (Fsp3) is 0.211. The third-order valence-corrected chi connectivity index (χ3v) is 4.02. The molecular weight excluding hydrogens is 285 g/mol. The first kappa shape index (κ1) is 15.4. The van der Waals surface area contributed by atoms with Crippen LogP contribution in [0.2, 0.25) is 0 Å². The maximum atomic E-state index is 10.9. The molecule has 4 heteroatoms. The second kappa shape index (κ2) is 7.18. The van der Waals surface area contributed by atoms with Crippen molar-refractivity contribution in [2.24, 2.45) is 0 Å². The number of ether oxygens (including phenoxy) is 1. The van der Waals surface area contributed by atoms with Gasteiger partial charge < -0.3 is 9.96 Å². The second-order valence-electron chi connectivity index (χ2n) is 5.74. The molecule has 0 bridgehead atoms. The van der Waals surface area contributed by atoms with Crippen LogP contribution in [-0.2, 0) is 9.53 Å². The van der Waals surface area contributed by atoms with Crippen LogP contribution in [0.3, 0.4) is 0 Å². The van der Waals surface area contributed by atoms with Gasteiger partial charge in [-0.05, 0) is 24.5 Å². The number of carbonyl (C=O) groups excluding carboxylic acids is 1. The van der Waals surface area contributed by atoms with Crippen LogP contribution in [0.15, 0.2) is 60.1 Å². The van der Waals surface area contributed by atoms with E-state index in [-0.39, 0.29) is 12.8 Å². The Morgan fingerprint density at radius 3 is 2.61 bits per heavy atom. The Labute approximate surface area is 137 Å². The lowest BCUT2D eigenvalue weighted by Gasteiger charge is -2.26. The molecule has 0 amide bonds. The van der Waals surface area contributed by atoms with Crippen LogP contribution < -0.4 is 10.7 Å². The zero-order valence-corrected chi connectivity index (χ0v) is 13.3. The molecule has 0 fully saturated rings. The molecule has 3 nitrogen and oxygen atoms in total. The number of hydrogen-bond acceptors (Lipinski definition) is 3. The average Bonchev–Trinajstić information content (AvgIpc) is 2.58. The first-order valence-corrected chi connectivity index (χ1v) is 7.98. The molecule has 1 heterocycles. The van der Waals surface area contributed by atoms with E-state index in [0.29, 0.717) is 6.61 Å². The van der Waals surface area contributed by atoms with Gasteiger partial charge in [-0.25, -0.2) is 0 Å². The number of esters is 1. The van der Waals surface area contributed by atoms with Gasteiger partial charge in [-0.15, -0.1) is 0 Å². The third kappa shape index (κ3) is 3.83. The molecule has 0 atom stereocenters. The van der Waals surface area contributed by atoms with Crippen LogP contribution >= 0.6 is 0 Å². The Balaban J connectivity index is 1.81. The quantitative estimate of drug-likeness (QED) is 0.523. The Morgan fingerprint density at radius 1 is 1.09 bits per heavy atom. The van der Waals surface area contributed by atoms with Crippen molar-refractivity contribution < 1.29 is 9.53 Å². The molecule has 1 N–H and O–H groups in total. The Morgan fingerprint density at radius 2 is 1.83 bits per heavy atom. The lowest BCUT2D eigenvalue weighted by Crippen LogP contribution is -2.42. The number of allylic oxidation sites excluding steroid dienone is 1. The minimum atomic E-state index is -0.217. The summed E-state index contributed by atoms with van der Waals surface area (Å²) in [6.45, 7) is 2.09. The van der Waals surface area contributed by atoms with E-state index in [1.165, 1.54) is 23.4 Å². The summed E-state index contributed by atoms with van der Waals surface area (Å²) in [5.74, 6) is -0.217. The predicted octanol–water partition coefficient (Wildman–Crippen LogP) is 3.28. The zero-order valence-electron chi connectivity index (χ0n) is 13.3. The zero-order chi connectivity index (χ0) is 16.1. The summed E-state index contributed by atoms with van der Waals surface area (Å²) in [5.41, 5.74) is 4.94. The highest BCUT2D eigenvalue weighted by molar-refractivity contribution is 6.83. The maximum Gasteiger partial charge on any atom is 0.316 e. The third-order valence-electron chi connectivity index (χ3n) is 4.02. The van der Waals surface area contributed by atoms with Crippen molar-refractivity contribution in [2.45, 2.75) is 19.8 Å². The highest BCUT2D eigenvalue weighted by Crippen LogP contribution is 2.27. The summed E-state index contributed by atoms with van der Waals surface area (Å²) in [5, 5.41) is 3.64. The summed E-state index contributed by atoms with van der Waals surface area (Å²) in [4.78, 5) is 10.9. The highest BCUT2D eigenvalue weighted by Gasteiger charge is 2.26. The maximum absolute atomic E-state index is 10.9. The summed E-state index contributed by atoms with van der Waals surface area (Å²) in [6.07, 6.45) is 3.99. The fourth-order valence-electron chi connectivity index (χ4n) is 2.94. The van der Waals surface area contributed by atoms with E-state index in [1.54, 1.807) is 0 Å². The Bertz CT molecular complexity index is 712. The molecule has 23 heavy (non-hydrogen) atoms. The van der Waals surface area contributed by atoms with Crippen LogP contribution in [0.5, 0.6) is 0 Å². The monoisotopic (exact) mass is 305 g/mol. The molecule has 0 radical (unpaired) electrons. The SMILES string of the molecule is CC(=O)OCCCC1=Cc2ccccc2NB1c1ccccc1. The van der Waals surface area contributed by atoms with Gasteiger partial charge in [0.05, 0.1) is 6.61 Å². The molecule has 1 aliphatic rings. The van der Waals surface area contributed by atoms with Crippen molar-refractivity contribution in [1.82, 2.24) is 0 Å². The standard InChI is InChI=1S/C19H20BNO2/c1-15(22)23-13-7-11-18-14-16-8-5-6-12-19(16)21-20(18)17-9-3-2-4-10-17/h2-6,8-10,12,14,21H,7,11,13H2,1H3. The smallest absolute Gasteiger partial charge is 0.316 e. The molecule has 3 rings (SSSR count). The van der Waals surface area contributed by atoms with Gasteiger partial charge in [0.15, 0.2) is 0 Å². The first-order valence-electron chi connectivity index (χ1n) is 7.98. The molecule has 0 aliphatic carbocycles. The van der Waals surface area contributed by atoms with E-state index < -0.39 is 0 Å². The summed E-state index contributed by atoms with van der Waals surface area (Å²) >= 11 is 0. The molecule has 0 unspecified atom stereocenters. The topological polar surface area (TPSA) is 38.3 Å². The van der Waals surface area contributed by atoms with Crippen molar-refractivity contribution in [3.63, 3.8) is 0 Å².